The van der Waals surface area contributed by atoms with Crippen LogP contribution in [0.15, 0.2) is 12.3 Å². The average Bonchev–Trinajstić information content (AvgIpc) is 3.38. The second-order valence-electron chi connectivity index (χ2n) is 9.11. The number of hydrogen-bond donors (Lipinski definition) is 4. The van der Waals surface area contributed by atoms with Crippen molar-refractivity contribution in [3.8, 4) is 10.6 Å². The molecule has 4 rings (SSSR count). The number of ether oxygens (including phenoxy) is 1. The van der Waals surface area contributed by atoms with Gasteiger partial charge in [-0.2, -0.15) is 4.98 Å². The fraction of sp³-hybridized carbons (Fsp3) is 0.542. The summed E-state index contributed by atoms with van der Waals surface area (Å²) in [6.07, 6.45) is 0.947. The number of aliphatic hydroxyl groups excluding tert-OH is 1. The van der Waals surface area contributed by atoms with Crippen LogP contribution < -0.4 is 10.6 Å². The minimum atomic E-state index is -1.75. The SMILES string of the molecule is CCOCCNc1nc(C)c(-c2nc3c(C)nccc3s2)c(NC2(O)CCC(C(=O)N(C)C)C2O)n1. The molecule has 3 atom stereocenters. The van der Waals surface area contributed by atoms with E-state index < -0.39 is 17.7 Å². The molecule has 36 heavy (non-hydrogen) atoms. The lowest BCUT2D eigenvalue weighted by Crippen LogP contribution is -2.50. The van der Waals surface area contributed by atoms with Gasteiger partial charge in [0.15, 0.2) is 5.72 Å². The molecule has 0 aliphatic heterocycles. The van der Waals surface area contributed by atoms with Crippen molar-refractivity contribution in [3.05, 3.63) is 23.7 Å². The first-order chi connectivity index (χ1) is 17.1. The van der Waals surface area contributed by atoms with Crippen LogP contribution >= 0.6 is 11.3 Å². The number of thiazole rings is 1. The third-order valence-electron chi connectivity index (χ3n) is 6.33. The Morgan fingerprint density at radius 3 is 2.75 bits per heavy atom. The van der Waals surface area contributed by atoms with Gasteiger partial charge in [-0.3, -0.25) is 9.78 Å². The number of aliphatic hydroxyl groups is 2. The predicted molar refractivity (Wildman–Crippen MR) is 139 cm³/mol. The van der Waals surface area contributed by atoms with Crippen molar-refractivity contribution in [2.45, 2.75) is 45.4 Å². The van der Waals surface area contributed by atoms with Gasteiger partial charge in [-0.15, -0.1) is 11.3 Å². The highest BCUT2D eigenvalue weighted by molar-refractivity contribution is 7.21. The van der Waals surface area contributed by atoms with Crippen LogP contribution in [0.25, 0.3) is 20.8 Å². The van der Waals surface area contributed by atoms with Crippen molar-refractivity contribution in [3.63, 3.8) is 0 Å². The van der Waals surface area contributed by atoms with Gasteiger partial charge in [0, 0.05) is 33.4 Å². The van der Waals surface area contributed by atoms with Gasteiger partial charge in [0.1, 0.15) is 22.4 Å². The van der Waals surface area contributed by atoms with E-state index >= 15 is 0 Å². The highest BCUT2D eigenvalue weighted by Crippen LogP contribution is 2.41. The summed E-state index contributed by atoms with van der Waals surface area (Å²) in [5.41, 5.74) is 1.12. The fourth-order valence-corrected chi connectivity index (χ4v) is 5.52. The summed E-state index contributed by atoms with van der Waals surface area (Å²) < 4.78 is 6.36. The number of hydrogen-bond acceptors (Lipinski definition) is 11. The summed E-state index contributed by atoms with van der Waals surface area (Å²) in [5.74, 6) is -0.268. The Hall–Kier alpha value is -2.93. The van der Waals surface area contributed by atoms with E-state index in [1.807, 2.05) is 26.8 Å². The topological polar surface area (TPSA) is 146 Å². The van der Waals surface area contributed by atoms with Gasteiger partial charge in [-0.1, -0.05) is 0 Å². The van der Waals surface area contributed by atoms with Crippen molar-refractivity contribution in [2.75, 3.05) is 44.5 Å². The summed E-state index contributed by atoms with van der Waals surface area (Å²) in [6.45, 7) is 7.28. The molecule has 3 aromatic heterocycles. The Morgan fingerprint density at radius 2 is 2.06 bits per heavy atom. The highest BCUT2D eigenvalue weighted by Gasteiger charge is 2.50. The number of carbonyl (C=O) groups excluding carboxylic acids is 1. The third kappa shape index (κ3) is 5.12. The van der Waals surface area contributed by atoms with E-state index in [1.54, 1.807) is 20.3 Å². The molecule has 3 unspecified atom stereocenters. The van der Waals surface area contributed by atoms with E-state index in [1.165, 1.54) is 16.2 Å². The smallest absolute Gasteiger partial charge is 0.227 e. The second-order valence-corrected chi connectivity index (χ2v) is 10.1. The molecule has 1 fully saturated rings. The number of aromatic nitrogens is 4. The quantitative estimate of drug-likeness (QED) is 0.247. The maximum absolute atomic E-state index is 12.6. The van der Waals surface area contributed by atoms with E-state index in [2.05, 4.69) is 25.6 Å². The molecule has 11 nitrogen and oxygen atoms in total. The van der Waals surface area contributed by atoms with Crippen LogP contribution in [0.2, 0.25) is 0 Å². The summed E-state index contributed by atoms with van der Waals surface area (Å²) in [5, 5.41) is 29.3. The Bertz CT molecular complexity index is 1250. The first-order valence-electron chi connectivity index (χ1n) is 12.0. The zero-order chi connectivity index (χ0) is 26.0. The largest absolute Gasteiger partial charge is 0.387 e. The van der Waals surface area contributed by atoms with Gasteiger partial charge in [-0.05, 0) is 39.7 Å². The van der Waals surface area contributed by atoms with Gasteiger partial charge in [0.05, 0.1) is 34.2 Å². The molecule has 194 valence electrons. The van der Waals surface area contributed by atoms with E-state index in [0.29, 0.717) is 54.2 Å². The predicted octanol–water partition coefficient (Wildman–Crippen LogP) is 2.17. The zero-order valence-corrected chi connectivity index (χ0v) is 22.0. The van der Waals surface area contributed by atoms with E-state index in [0.717, 1.165) is 15.9 Å². The maximum atomic E-state index is 12.6. The summed E-state index contributed by atoms with van der Waals surface area (Å²) in [4.78, 5) is 32.4. The molecule has 0 bridgehead atoms. The fourth-order valence-electron chi connectivity index (χ4n) is 4.41. The van der Waals surface area contributed by atoms with Crippen LogP contribution in [0.5, 0.6) is 0 Å². The lowest BCUT2D eigenvalue weighted by molar-refractivity contribution is -0.139. The molecule has 0 saturated heterocycles. The molecule has 1 aliphatic carbocycles. The molecule has 1 amide bonds. The Labute approximate surface area is 214 Å². The lowest BCUT2D eigenvalue weighted by atomic mass is 10.0. The molecule has 0 aromatic carbocycles. The monoisotopic (exact) mass is 515 g/mol. The first kappa shape index (κ1) is 26.1. The summed E-state index contributed by atoms with van der Waals surface area (Å²) in [7, 11) is 3.27. The number of pyridine rings is 1. The number of fused-ring (bicyclic) bond motifs is 1. The van der Waals surface area contributed by atoms with Crippen LogP contribution in [0, 0.1) is 19.8 Å². The molecule has 1 saturated carbocycles. The molecule has 1 aliphatic rings. The van der Waals surface area contributed by atoms with E-state index in [-0.39, 0.29) is 12.3 Å². The molecule has 0 radical (unpaired) electrons. The van der Waals surface area contributed by atoms with Crippen LogP contribution in [-0.2, 0) is 9.53 Å². The second kappa shape index (κ2) is 10.6. The number of nitrogens with zero attached hydrogens (tertiary/aromatic N) is 5. The van der Waals surface area contributed by atoms with Crippen LogP contribution in [0.4, 0.5) is 11.8 Å². The molecular weight excluding hydrogens is 482 g/mol. The minimum Gasteiger partial charge on any atom is -0.387 e. The van der Waals surface area contributed by atoms with E-state index in [4.69, 9.17) is 9.72 Å². The molecular formula is C24H33N7O4S. The average molecular weight is 516 g/mol. The van der Waals surface area contributed by atoms with Crippen LogP contribution in [-0.4, -0.2) is 86.6 Å². The summed E-state index contributed by atoms with van der Waals surface area (Å²) in [6, 6.07) is 1.90. The van der Waals surface area contributed by atoms with Gasteiger partial charge in [0.2, 0.25) is 11.9 Å². The van der Waals surface area contributed by atoms with Gasteiger partial charge < -0.3 is 30.5 Å². The number of anilines is 2. The Balaban J connectivity index is 1.73. The van der Waals surface area contributed by atoms with Crippen LogP contribution in [0.1, 0.15) is 31.2 Å². The van der Waals surface area contributed by atoms with Crippen molar-refractivity contribution in [1.82, 2.24) is 24.8 Å². The zero-order valence-electron chi connectivity index (χ0n) is 21.2. The highest BCUT2D eigenvalue weighted by atomic mass is 32.1. The van der Waals surface area contributed by atoms with Gasteiger partial charge in [0.25, 0.3) is 0 Å². The molecule has 4 N–H and O–H groups in total. The third-order valence-corrected chi connectivity index (χ3v) is 7.37. The first-order valence-corrected chi connectivity index (χ1v) is 12.8. The molecule has 0 spiro atoms. The molecule has 12 heteroatoms. The Kier molecular flexibility index (Phi) is 7.69. The maximum Gasteiger partial charge on any atom is 0.227 e. The Morgan fingerprint density at radius 1 is 1.28 bits per heavy atom. The molecule has 3 aromatic rings. The van der Waals surface area contributed by atoms with E-state index in [9.17, 15) is 15.0 Å². The van der Waals surface area contributed by atoms with Gasteiger partial charge >= 0.3 is 0 Å². The number of carbonyl (C=O) groups is 1. The number of rotatable bonds is 9. The van der Waals surface area contributed by atoms with Crippen molar-refractivity contribution >= 4 is 39.2 Å². The van der Waals surface area contributed by atoms with Crippen molar-refractivity contribution in [1.29, 1.82) is 0 Å². The minimum absolute atomic E-state index is 0.177. The van der Waals surface area contributed by atoms with Crippen LogP contribution in [0.3, 0.4) is 0 Å². The van der Waals surface area contributed by atoms with Gasteiger partial charge in [-0.25, -0.2) is 9.97 Å². The number of aryl methyl sites for hydroxylation is 2. The van der Waals surface area contributed by atoms with Crippen molar-refractivity contribution < 1.29 is 19.7 Å². The summed E-state index contributed by atoms with van der Waals surface area (Å²) >= 11 is 1.47. The normalized spacial score (nSPS) is 21.6. The number of nitrogens with one attached hydrogen (secondary N) is 2. The number of amides is 1. The van der Waals surface area contributed by atoms with Crippen molar-refractivity contribution in [2.24, 2.45) is 5.92 Å². The molecule has 3 heterocycles. The standard InChI is InChI=1S/C24H33N7O4S/c1-6-35-12-11-26-23-27-13(2)17(21-28-18-14(3)25-10-8-16(18)36-21)20(29-23)30-24(34)9-7-15(19(24)32)22(33)31(4)5/h8,10,15,19,32,34H,6-7,9,11-12H2,1-5H3,(H2,26,27,29,30). The lowest BCUT2D eigenvalue weighted by Gasteiger charge is -2.31.